The first-order valence-corrected chi connectivity index (χ1v) is 10.7. The molecule has 2 aromatic heterocycles. The molecule has 8 nitrogen and oxygen atoms in total. The molecule has 1 saturated heterocycles. The van der Waals surface area contributed by atoms with Crippen LogP contribution in [0.4, 0.5) is 10.8 Å². The van der Waals surface area contributed by atoms with Gasteiger partial charge in [-0.05, 0) is 38.4 Å². The van der Waals surface area contributed by atoms with Crippen LogP contribution < -0.4 is 10.6 Å². The van der Waals surface area contributed by atoms with Crippen LogP contribution in [0.1, 0.15) is 40.6 Å². The maximum atomic E-state index is 12.5. The van der Waals surface area contributed by atoms with Crippen molar-refractivity contribution in [1.82, 2.24) is 19.7 Å². The summed E-state index contributed by atoms with van der Waals surface area (Å²) in [4.78, 5) is 31.6. The molecule has 1 aliphatic rings. The van der Waals surface area contributed by atoms with Crippen molar-refractivity contribution in [2.45, 2.75) is 25.8 Å². The molecule has 1 aliphatic heterocycles. The van der Waals surface area contributed by atoms with E-state index in [9.17, 15) is 9.59 Å². The second-order valence-electron chi connectivity index (χ2n) is 7.38. The van der Waals surface area contributed by atoms with Gasteiger partial charge in [0.15, 0.2) is 5.13 Å². The first-order valence-electron chi connectivity index (χ1n) is 9.85. The third-order valence-corrected chi connectivity index (χ3v) is 5.89. The molecule has 1 atom stereocenters. The minimum absolute atomic E-state index is 0.0640. The number of hydrogen-bond acceptors (Lipinski definition) is 6. The number of carbonyl (C=O) groups is 2. The van der Waals surface area contributed by atoms with Crippen LogP contribution in [-0.4, -0.2) is 44.6 Å². The first-order chi connectivity index (χ1) is 14.5. The zero-order chi connectivity index (χ0) is 21.1. The number of nitrogens with zero attached hydrogens (tertiary/aromatic N) is 4. The minimum Gasteiger partial charge on any atom is -0.322 e. The van der Waals surface area contributed by atoms with Gasteiger partial charge in [-0.3, -0.25) is 24.5 Å². The topological polar surface area (TPSA) is 92.2 Å². The maximum absolute atomic E-state index is 12.5. The zero-order valence-electron chi connectivity index (χ0n) is 17.0. The van der Waals surface area contributed by atoms with Gasteiger partial charge in [0.1, 0.15) is 0 Å². The summed E-state index contributed by atoms with van der Waals surface area (Å²) in [6.07, 6.45) is 3.75. The highest BCUT2D eigenvalue weighted by molar-refractivity contribution is 7.14. The number of nitrogens with one attached hydrogen (secondary N) is 2. The zero-order valence-corrected chi connectivity index (χ0v) is 17.8. The Labute approximate surface area is 178 Å². The van der Waals surface area contributed by atoms with E-state index < -0.39 is 0 Å². The van der Waals surface area contributed by atoms with Gasteiger partial charge in [-0.2, -0.15) is 5.10 Å². The van der Waals surface area contributed by atoms with Crippen LogP contribution >= 0.6 is 11.3 Å². The molecular formula is C21H24N6O2S. The van der Waals surface area contributed by atoms with E-state index in [0.29, 0.717) is 17.2 Å². The second-order valence-corrected chi connectivity index (χ2v) is 8.23. The van der Waals surface area contributed by atoms with Crippen molar-refractivity contribution in [3.8, 4) is 0 Å². The van der Waals surface area contributed by atoms with Gasteiger partial charge >= 0.3 is 0 Å². The standard InChI is InChI=1S/C21H24N6O2S/c1-14-16(11-26(2)25-14)22-19(28)12-27-10-6-9-18(27)17-13-30-21(23-17)24-20(29)15-7-4-3-5-8-15/h3-5,7-8,11,13,18H,6,9-10,12H2,1-2H3,(H,22,28)(H,23,24,29). The molecule has 0 spiro atoms. The second kappa shape index (κ2) is 8.76. The molecule has 30 heavy (non-hydrogen) atoms. The molecular weight excluding hydrogens is 400 g/mol. The molecule has 3 heterocycles. The van der Waals surface area contributed by atoms with Gasteiger partial charge in [0, 0.05) is 24.2 Å². The summed E-state index contributed by atoms with van der Waals surface area (Å²) in [5.74, 6) is -0.239. The Morgan fingerprint density at radius 3 is 2.77 bits per heavy atom. The van der Waals surface area contributed by atoms with Crippen molar-refractivity contribution >= 4 is 34.0 Å². The number of aryl methyl sites for hydroxylation is 2. The summed E-state index contributed by atoms with van der Waals surface area (Å²) in [6, 6.07) is 9.15. The predicted molar refractivity (Wildman–Crippen MR) is 117 cm³/mol. The average Bonchev–Trinajstić information content (AvgIpc) is 3.43. The SMILES string of the molecule is Cc1nn(C)cc1NC(=O)CN1CCCC1c1csc(NC(=O)c2ccccc2)n1. The van der Waals surface area contributed by atoms with Gasteiger partial charge in [0.25, 0.3) is 5.91 Å². The molecule has 0 aliphatic carbocycles. The Morgan fingerprint density at radius 2 is 2.03 bits per heavy atom. The lowest BCUT2D eigenvalue weighted by Crippen LogP contribution is -2.33. The van der Waals surface area contributed by atoms with E-state index in [2.05, 4.69) is 25.6 Å². The lowest BCUT2D eigenvalue weighted by molar-refractivity contribution is -0.117. The van der Waals surface area contributed by atoms with Gasteiger partial charge in [0.05, 0.1) is 29.7 Å². The summed E-state index contributed by atoms with van der Waals surface area (Å²) < 4.78 is 1.68. The largest absolute Gasteiger partial charge is 0.322 e. The van der Waals surface area contributed by atoms with Crippen molar-refractivity contribution in [2.24, 2.45) is 7.05 Å². The van der Waals surface area contributed by atoms with E-state index in [1.165, 1.54) is 11.3 Å². The quantitative estimate of drug-likeness (QED) is 0.634. The summed E-state index contributed by atoms with van der Waals surface area (Å²) in [5.41, 5.74) is 3.02. The Balaban J connectivity index is 1.38. The summed E-state index contributed by atoms with van der Waals surface area (Å²) in [5, 5.41) is 12.6. The Hall–Kier alpha value is -3.04. The van der Waals surface area contributed by atoms with Crippen LogP contribution in [0.15, 0.2) is 41.9 Å². The Kier molecular flexibility index (Phi) is 5.91. The molecule has 9 heteroatoms. The fourth-order valence-electron chi connectivity index (χ4n) is 3.70. The third kappa shape index (κ3) is 4.58. The molecule has 0 bridgehead atoms. The van der Waals surface area contributed by atoms with Gasteiger partial charge in [0.2, 0.25) is 5.91 Å². The number of thiazole rings is 1. The van der Waals surface area contributed by atoms with Crippen LogP contribution in [-0.2, 0) is 11.8 Å². The Bertz CT molecular complexity index is 1040. The number of benzene rings is 1. The van der Waals surface area contributed by atoms with Crippen molar-refractivity contribution in [1.29, 1.82) is 0 Å². The molecule has 2 N–H and O–H groups in total. The van der Waals surface area contributed by atoms with E-state index in [0.717, 1.165) is 36.5 Å². The van der Waals surface area contributed by atoms with Crippen LogP contribution in [0.5, 0.6) is 0 Å². The normalized spacial score (nSPS) is 16.5. The lowest BCUT2D eigenvalue weighted by atomic mass is 10.1. The summed E-state index contributed by atoms with van der Waals surface area (Å²) in [6.45, 7) is 3.00. The van der Waals surface area contributed by atoms with Gasteiger partial charge in [-0.15, -0.1) is 11.3 Å². The highest BCUT2D eigenvalue weighted by Crippen LogP contribution is 2.33. The molecule has 0 radical (unpaired) electrons. The highest BCUT2D eigenvalue weighted by atomic mass is 32.1. The van der Waals surface area contributed by atoms with Crippen LogP contribution in [0.3, 0.4) is 0 Å². The summed E-state index contributed by atoms with van der Waals surface area (Å²) >= 11 is 1.41. The fraction of sp³-hybridized carbons (Fsp3) is 0.333. The van der Waals surface area contributed by atoms with Crippen molar-refractivity contribution in [3.05, 3.63) is 58.9 Å². The fourth-order valence-corrected chi connectivity index (χ4v) is 4.45. The first kappa shape index (κ1) is 20.2. The van der Waals surface area contributed by atoms with Gasteiger partial charge in [-0.25, -0.2) is 4.98 Å². The number of amides is 2. The molecule has 1 aromatic carbocycles. The molecule has 2 amide bonds. The number of hydrogen-bond donors (Lipinski definition) is 2. The van der Waals surface area contributed by atoms with Crippen LogP contribution in [0.25, 0.3) is 0 Å². The van der Waals surface area contributed by atoms with E-state index in [1.54, 1.807) is 23.0 Å². The van der Waals surface area contributed by atoms with Crippen molar-refractivity contribution < 1.29 is 9.59 Å². The monoisotopic (exact) mass is 424 g/mol. The van der Waals surface area contributed by atoms with E-state index in [1.807, 2.05) is 37.6 Å². The highest BCUT2D eigenvalue weighted by Gasteiger charge is 2.29. The van der Waals surface area contributed by atoms with Crippen molar-refractivity contribution in [2.75, 3.05) is 23.7 Å². The third-order valence-electron chi connectivity index (χ3n) is 5.12. The van der Waals surface area contributed by atoms with Gasteiger partial charge < -0.3 is 5.32 Å². The van der Waals surface area contributed by atoms with Crippen LogP contribution in [0.2, 0.25) is 0 Å². The number of rotatable bonds is 6. The molecule has 156 valence electrons. The number of likely N-dealkylation sites (tertiary alicyclic amines) is 1. The molecule has 0 saturated carbocycles. The number of anilines is 2. The van der Waals surface area contributed by atoms with Crippen molar-refractivity contribution in [3.63, 3.8) is 0 Å². The average molecular weight is 425 g/mol. The van der Waals surface area contributed by atoms with E-state index in [4.69, 9.17) is 0 Å². The Morgan fingerprint density at radius 1 is 1.23 bits per heavy atom. The number of aromatic nitrogens is 3. The van der Waals surface area contributed by atoms with E-state index >= 15 is 0 Å². The van der Waals surface area contributed by atoms with E-state index in [-0.39, 0.29) is 17.9 Å². The lowest BCUT2D eigenvalue weighted by Gasteiger charge is -2.22. The smallest absolute Gasteiger partial charge is 0.257 e. The minimum atomic E-state index is -0.175. The maximum Gasteiger partial charge on any atom is 0.257 e. The molecule has 1 fully saturated rings. The van der Waals surface area contributed by atoms with Crippen LogP contribution in [0, 0.1) is 6.92 Å². The summed E-state index contributed by atoms with van der Waals surface area (Å²) in [7, 11) is 1.83. The molecule has 1 unspecified atom stereocenters. The van der Waals surface area contributed by atoms with Gasteiger partial charge in [-0.1, -0.05) is 18.2 Å². The predicted octanol–water partition coefficient (Wildman–Crippen LogP) is 3.21. The molecule has 4 rings (SSSR count). The molecule has 3 aromatic rings. The number of carbonyl (C=O) groups excluding carboxylic acids is 2.